The van der Waals surface area contributed by atoms with Crippen LogP contribution in [0.15, 0.2) is 30.8 Å². The van der Waals surface area contributed by atoms with Gasteiger partial charge in [0.25, 0.3) is 0 Å². The molecule has 2 rings (SSSR count). The largest absolute Gasteiger partial charge is 0.372 e. The number of rotatable bonds is 6. The van der Waals surface area contributed by atoms with Crippen LogP contribution in [0.3, 0.4) is 0 Å². The van der Waals surface area contributed by atoms with E-state index >= 15 is 0 Å². The first-order valence-corrected chi connectivity index (χ1v) is 9.01. The molecular weight excluding hydrogens is 266 g/mol. The van der Waals surface area contributed by atoms with Crippen LogP contribution in [0.4, 0.5) is 5.69 Å². The van der Waals surface area contributed by atoms with Gasteiger partial charge in [-0.2, -0.15) is 0 Å². The quantitative estimate of drug-likeness (QED) is 0.622. The van der Waals surface area contributed by atoms with E-state index in [0.717, 1.165) is 11.8 Å². The van der Waals surface area contributed by atoms with Gasteiger partial charge in [-0.15, -0.1) is 0 Å². The van der Waals surface area contributed by atoms with Gasteiger partial charge in [-0.3, -0.25) is 0 Å². The molecule has 0 amide bonds. The molecule has 0 bridgehead atoms. The molecule has 1 nitrogen and oxygen atoms in total. The molecule has 0 aromatic heterocycles. The van der Waals surface area contributed by atoms with Crippen LogP contribution in [0, 0.1) is 17.8 Å². The second-order valence-electron chi connectivity index (χ2n) is 7.63. The van der Waals surface area contributed by atoms with Crippen LogP contribution in [-0.2, 0) is 0 Å². The van der Waals surface area contributed by atoms with Gasteiger partial charge >= 0.3 is 0 Å². The molecule has 122 valence electrons. The second-order valence-corrected chi connectivity index (χ2v) is 7.63. The van der Waals surface area contributed by atoms with Crippen molar-refractivity contribution in [3.8, 4) is 0 Å². The number of allylic oxidation sites excluding steroid dienone is 1. The van der Waals surface area contributed by atoms with Gasteiger partial charge in [0.1, 0.15) is 0 Å². The Hall–Kier alpha value is -1.24. The zero-order valence-electron chi connectivity index (χ0n) is 14.9. The fourth-order valence-electron chi connectivity index (χ4n) is 3.27. The SMILES string of the molecule is C=C(c1ccc(N2CCC(CCC(C)C)CC2)cc1)C(C)C. The first-order valence-electron chi connectivity index (χ1n) is 9.01. The fraction of sp³-hybridized carbons (Fsp3) is 0.619. The molecule has 0 spiro atoms. The lowest BCUT2D eigenvalue weighted by atomic mass is 9.89. The van der Waals surface area contributed by atoms with Crippen molar-refractivity contribution in [1.29, 1.82) is 0 Å². The summed E-state index contributed by atoms with van der Waals surface area (Å²) in [6, 6.07) is 9.03. The van der Waals surface area contributed by atoms with Crippen molar-refractivity contribution in [2.45, 2.75) is 53.4 Å². The molecule has 1 heteroatoms. The van der Waals surface area contributed by atoms with Gasteiger partial charge in [0.05, 0.1) is 0 Å². The standard InChI is InChI=1S/C21H33N/c1-16(2)6-7-19-12-14-22(15-13-19)21-10-8-20(9-11-21)18(5)17(3)4/h8-11,16-17,19H,5-7,12-15H2,1-4H3. The Morgan fingerprint density at radius 3 is 2.18 bits per heavy atom. The molecule has 0 atom stereocenters. The average molecular weight is 300 g/mol. The van der Waals surface area contributed by atoms with E-state index in [9.17, 15) is 0 Å². The van der Waals surface area contributed by atoms with Crippen molar-refractivity contribution in [3.63, 3.8) is 0 Å². The normalized spacial score (nSPS) is 16.5. The summed E-state index contributed by atoms with van der Waals surface area (Å²) in [5.74, 6) is 2.31. The first kappa shape index (κ1) is 17.1. The van der Waals surface area contributed by atoms with Crippen LogP contribution in [0.25, 0.3) is 5.57 Å². The summed E-state index contributed by atoms with van der Waals surface area (Å²) >= 11 is 0. The summed E-state index contributed by atoms with van der Waals surface area (Å²) in [6.07, 6.45) is 5.51. The minimum atomic E-state index is 0.516. The number of hydrogen-bond donors (Lipinski definition) is 0. The minimum absolute atomic E-state index is 0.516. The first-order chi connectivity index (χ1) is 10.5. The zero-order valence-corrected chi connectivity index (χ0v) is 14.9. The van der Waals surface area contributed by atoms with Crippen LogP contribution in [-0.4, -0.2) is 13.1 Å². The molecule has 0 aliphatic carbocycles. The van der Waals surface area contributed by atoms with Crippen molar-refractivity contribution in [2.24, 2.45) is 17.8 Å². The van der Waals surface area contributed by atoms with Crippen molar-refractivity contribution < 1.29 is 0 Å². The van der Waals surface area contributed by atoms with Gasteiger partial charge in [0, 0.05) is 18.8 Å². The Morgan fingerprint density at radius 2 is 1.68 bits per heavy atom. The molecule has 1 aliphatic heterocycles. The number of benzene rings is 1. The van der Waals surface area contributed by atoms with E-state index in [2.05, 4.69) is 63.4 Å². The summed E-state index contributed by atoms with van der Waals surface area (Å²) in [5, 5.41) is 0. The molecule has 1 heterocycles. The van der Waals surface area contributed by atoms with E-state index in [4.69, 9.17) is 0 Å². The third-order valence-corrected chi connectivity index (χ3v) is 5.07. The van der Waals surface area contributed by atoms with E-state index in [1.54, 1.807) is 0 Å². The lowest BCUT2D eigenvalue weighted by Gasteiger charge is -2.34. The molecule has 22 heavy (non-hydrogen) atoms. The lowest BCUT2D eigenvalue weighted by molar-refractivity contribution is 0.351. The van der Waals surface area contributed by atoms with Crippen molar-refractivity contribution in [1.82, 2.24) is 0 Å². The molecule has 0 saturated carbocycles. The van der Waals surface area contributed by atoms with Gasteiger partial charge in [-0.25, -0.2) is 0 Å². The van der Waals surface area contributed by atoms with Crippen LogP contribution in [0.1, 0.15) is 58.9 Å². The Labute approximate surface area is 137 Å². The van der Waals surface area contributed by atoms with Crippen molar-refractivity contribution in [2.75, 3.05) is 18.0 Å². The molecule has 0 N–H and O–H groups in total. The summed E-state index contributed by atoms with van der Waals surface area (Å²) < 4.78 is 0. The Morgan fingerprint density at radius 1 is 1.09 bits per heavy atom. The van der Waals surface area contributed by atoms with E-state index < -0.39 is 0 Å². The summed E-state index contributed by atoms with van der Waals surface area (Å²) in [5.41, 5.74) is 3.90. The molecule has 1 aromatic carbocycles. The van der Waals surface area contributed by atoms with Gasteiger partial charge in [0.15, 0.2) is 0 Å². The summed E-state index contributed by atoms with van der Waals surface area (Å²) in [6.45, 7) is 15.7. The second kappa shape index (κ2) is 7.85. The number of piperidine rings is 1. The van der Waals surface area contributed by atoms with Gasteiger partial charge in [-0.05, 0) is 53.9 Å². The monoisotopic (exact) mass is 299 g/mol. The highest BCUT2D eigenvalue weighted by Gasteiger charge is 2.19. The highest BCUT2D eigenvalue weighted by Crippen LogP contribution is 2.29. The van der Waals surface area contributed by atoms with Crippen LogP contribution in [0.5, 0.6) is 0 Å². The zero-order chi connectivity index (χ0) is 16.1. The average Bonchev–Trinajstić information content (AvgIpc) is 2.53. The Balaban J connectivity index is 1.87. The predicted octanol–water partition coefficient (Wildman–Crippen LogP) is 6.01. The van der Waals surface area contributed by atoms with Crippen molar-refractivity contribution in [3.05, 3.63) is 36.4 Å². The Kier molecular flexibility index (Phi) is 6.11. The number of anilines is 1. The van der Waals surface area contributed by atoms with Gasteiger partial charge in [-0.1, -0.05) is 59.2 Å². The highest BCUT2D eigenvalue weighted by atomic mass is 15.1. The lowest BCUT2D eigenvalue weighted by Crippen LogP contribution is -2.33. The van der Waals surface area contributed by atoms with Crippen LogP contribution in [0.2, 0.25) is 0 Å². The van der Waals surface area contributed by atoms with E-state index in [0.29, 0.717) is 5.92 Å². The topological polar surface area (TPSA) is 3.24 Å². The maximum absolute atomic E-state index is 4.20. The molecule has 1 fully saturated rings. The molecule has 0 radical (unpaired) electrons. The van der Waals surface area contributed by atoms with E-state index in [-0.39, 0.29) is 0 Å². The molecule has 1 aromatic rings. The Bertz CT molecular complexity index is 461. The molecular formula is C21H33N. The van der Waals surface area contributed by atoms with Crippen LogP contribution < -0.4 is 4.90 Å². The van der Waals surface area contributed by atoms with E-state index in [1.165, 1.54) is 55.6 Å². The number of hydrogen-bond acceptors (Lipinski definition) is 1. The maximum atomic E-state index is 4.20. The predicted molar refractivity (Wildman–Crippen MR) is 99.3 cm³/mol. The number of nitrogens with zero attached hydrogens (tertiary/aromatic N) is 1. The molecule has 0 unspecified atom stereocenters. The fourth-order valence-corrected chi connectivity index (χ4v) is 3.27. The third-order valence-electron chi connectivity index (χ3n) is 5.07. The third kappa shape index (κ3) is 4.63. The van der Waals surface area contributed by atoms with E-state index in [1.807, 2.05) is 0 Å². The van der Waals surface area contributed by atoms with Crippen LogP contribution >= 0.6 is 0 Å². The minimum Gasteiger partial charge on any atom is -0.372 e. The molecule has 1 saturated heterocycles. The smallest absolute Gasteiger partial charge is 0.0366 e. The summed E-state index contributed by atoms with van der Waals surface area (Å²) in [4.78, 5) is 2.55. The van der Waals surface area contributed by atoms with Gasteiger partial charge in [0.2, 0.25) is 0 Å². The summed E-state index contributed by atoms with van der Waals surface area (Å²) in [7, 11) is 0. The molecule has 1 aliphatic rings. The maximum Gasteiger partial charge on any atom is 0.0366 e. The van der Waals surface area contributed by atoms with Gasteiger partial charge < -0.3 is 4.90 Å². The highest BCUT2D eigenvalue weighted by molar-refractivity contribution is 5.66. The van der Waals surface area contributed by atoms with Crippen molar-refractivity contribution >= 4 is 11.3 Å².